The minimum absolute atomic E-state index is 0.219. The molecule has 5 N–H and O–H groups in total. The van der Waals surface area contributed by atoms with E-state index in [-0.39, 0.29) is 11.6 Å². The van der Waals surface area contributed by atoms with Gasteiger partial charge in [-0.3, -0.25) is 9.32 Å². The highest BCUT2D eigenvalue weighted by Crippen LogP contribution is 2.49. The number of rotatable bonds is 9. The number of esters is 1. The Bertz CT molecular complexity index is 1300. The summed E-state index contributed by atoms with van der Waals surface area (Å²) in [6.07, 6.45) is -1.91. The van der Waals surface area contributed by atoms with Gasteiger partial charge in [0.25, 0.3) is 0 Å². The SMILES string of the molecule is COC(=O)[C@H](C)NP(=O)(Oc1ccccc1)O[C@H](C)[C@H]1OC(n2ccc3c(N)ncnc32)[C@](C)(O)[C@@H]1O. The number of para-hydroxylation sites is 1. The van der Waals surface area contributed by atoms with Gasteiger partial charge in [0.05, 0.1) is 18.6 Å². The summed E-state index contributed by atoms with van der Waals surface area (Å²) in [5, 5.41) is 25.3. The van der Waals surface area contributed by atoms with Crippen molar-refractivity contribution in [3.63, 3.8) is 0 Å². The Morgan fingerprint density at radius 2 is 1.97 bits per heavy atom. The largest absolute Gasteiger partial charge is 0.468 e. The van der Waals surface area contributed by atoms with Crippen molar-refractivity contribution < 1.29 is 38.1 Å². The second-order valence-electron chi connectivity index (χ2n) is 8.93. The number of fused-ring (bicyclic) bond motifs is 1. The first kappa shape index (κ1) is 27.0. The first-order valence-electron chi connectivity index (χ1n) is 11.5. The lowest BCUT2D eigenvalue weighted by atomic mass is 9.94. The predicted octanol–water partition coefficient (Wildman–Crippen LogP) is 1.77. The minimum atomic E-state index is -4.23. The second-order valence-corrected chi connectivity index (χ2v) is 10.6. The molecular weight excluding hydrogens is 505 g/mol. The molecule has 0 saturated carbocycles. The average molecular weight is 535 g/mol. The molecule has 13 nitrogen and oxygen atoms in total. The average Bonchev–Trinajstić information content (AvgIpc) is 3.38. The molecule has 2 unspecified atom stereocenters. The van der Waals surface area contributed by atoms with Gasteiger partial charge < -0.3 is 34.5 Å². The molecule has 1 aliphatic rings. The van der Waals surface area contributed by atoms with Gasteiger partial charge in [-0.1, -0.05) is 18.2 Å². The lowest BCUT2D eigenvalue weighted by Gasteiger charge is -2.29. The van der Waals surface area contributed by atoms with Gasteiger partial charge in [0.15, 0.2) is 6.23 Å². The smallest absolute Gasteiger partial charge is 0.459 e. The van der Waals surface area contributed by atoms with Gasteiger partial charge in [-0.2, -0.15) is 5.09 Å². The van der Waals surface area contributed by atoms with E-state index in [1.807, 2.05) is 0 Å². The number of nitrogen functional groups attached to an aromatic ring is 1. The number of carbonyl (C=O) groups is 1. The molecule has 0 amide bonds. The quantitative estimate of drug-likeness (QED) is 0.231. The molecule has 3 heterocycles. The van der Waals surface area contributed by atoms with Crippen LogP contribution in [0.2, 0.25) is 0 Å². The van der Waals surface area contributed by atoms with E-state index in [1.165, 1.54) is 38.8 Å². The molecule has 1 aromatic carbocycles. The zero-order valence-corrected chi connectivity index (χ0v) is 21.6. The predicted molar refractivity (Wildman–Crippen MR) is 132 cm³/mol. The van der Waals surface area contributed by atoms with Crippen molar-refractivity contribution in [2.45, 2.75) is 57.0 Å². The number of hydrogen-bond acceptors (Lipinski definition) is 11. The number of benzene rings is 1. The zero-order chi connectivity index (χ0) is 27.0. The summed E-state index contributed by atoms with van der Waals surface area (Å²) < 4.78 is 37.5. The molecule has 14 heteroatoms. The lowest BCUT2D eigenvalue weighted by Crippen LogP contribution is -2.46. The topological polar surface area (TPSA) is 180 Å². The summed E-state index contributed by atoms with van der Waals surface area (Å²) in [5.74, 6) is -0.217. The maximum atomic E-state index is 13.8. The molecule has 0 radical (unpaired) electrons. The second kappa shape index (κ2) is 10.4. The number of aliphatic hydroxyl groups excluding tert-OH is 1. The summed E-state index contributed by atoms with van der Waals surface area (Å²) in [5.41, 5.74) is 4.51. The first-order chi connectivity index (χ1) is 17.5. The summed E-state index contributed by atoms with van der Waals surface area (Å²) in [7, 11) is -3.04. The van der Waals surface area contributed by atoms with Crippen molar-refractivity contribution in [1.82, 2.24) is 19.6 Å². The Kier molecular flexibility index (Phi) is 7.56. The van der Waals surface area contributed by atoms with Gasteiger partial charge >= 0.3 is 13.7 Å². The van der Waals surface area contributed by atoms with Crippen LogP contribution >= 0.6 is 7.75 Å². The molecule has 0 spiro atoms. The molecule has 1 fully saturated rings. The summed E-state index contributed by atoms with van der Waals surface area (Å²) in [6.45, 7) is 4.35. The molecule has 37 heavy (non-hydrogen) atoms. The third-order valence-electron chi connectivity index (χ3n) is 6.13. The van der Waals surface area contributed by atoms with Crippen molar-refractivity contribution in [3.8, 4) is 5.75 Å². The number of nitrogens with two attached hydrogens (primary N) is 1. The highest BCUT2D eigenvalue weighted by Gasteiger charge is 2.56. The van der Waals surface area contributed by atoms with Crippen molar-refractivity contribution in [3.05, 3.63) is 48.9 Å². The van der Waals surface area contributed by atoms with E-state index in [0.717, 1.165) is 0 Å². The Morgan fingerprint density at radius 3 is 2.65 bits per heavy atom. The fraction of sp³-hybridized carbons (Fsp3) is 0.435. The molecule has 0 bridgehead atoms. The van der Waals surface area contributed by atoms with Crippen LogP contribution in [0.1, 0.15) is 27.0 Å². The van der Waals surface area contributed by atoms with Crippen LogP contribution < -0.4 is 15.3 Å². The lowest BCUT2D eigenvalue weighted by molar-refractivity contribution is -0.142. The summed E-state index contributed by atoms with van der Waals surface area (Å²) >= 11 is 0. The Hall–Kier alpha value is -3.06. The third kappa shape index (κ3) is 5.33. The number of aliphatic hydroxyl groups is 2. The van der Waals surface area contributed by atoms with Crippen LogP contribution in [0.3, 0.4) is 0 Å². The number of anilines is 1. The molecular formula is C23H30N5O8P. The standard InChI is InChI=1S/C23H30N5O8P/c1-13(21(30)33-4)27-37(32,36-15-8-6-5-7-9-15)35-14(2)17-18(29)23(3,31)22(34-17)28-11-10-16-19(24)25-12-26-20(16)28/h5-14,17-18,22,29,31H,1-4H3,(H,27,32)(H2,24,25,26)/t13-,14+,17+,18+,22?,23+,37?/m0/s1. The number of ether oxygens (including phenoxy) is 2. The van der Waals surface area contributed by atoms with E-state index in [4.69, 9.17) is 24.3 Å². The molecule has 2 aromatic heterocycles. The van der Waals surface area contributed by atoms with Gasteiger partial charge in [0.2, 0.25) is 0 Å². The van der Waals surface area contributed by atoms with Crippen molar-refractivity contribution in [2.24, 2.45) is 0 Å². The van der Waals surface area contributed by atoms with E-state index in [1.54, 1.807) is 42.6 Å². The number of nitrogens with one attached hydrogen (secondary N) is 1. The van der Waals surface area contributed by atoms with Gasteiger partial charge in [0, 0.05) is 6.20 Å². The molecule has 3 aromatic rings. The third-order valence-corrected chi connectivity index (χ3v) is 7.90. The monoisotopic (exact) mass is 535 g/mol. The molecule has 200 valence electrons. The Morgan fingerprint density at radius 1 is 1.27 bits per heavy atom. The van der Waals surface area contributed by atoms with Crippen LogP contribution in [0.15, 0.2) is 48.9 Å². The first-order valence-corrected chi connectivity index (χ1v) is 13.0. The maximum absolute atomic E-state index is 13.8. The Balaban J connectivity index is 1.60. The fourth-order valence-electron chi connectivity index (χ4n) is 4.18. The molecule has 0 aliphatic carbocycles. The highest BCUT2D eigenvalue weighted by atomic mass is 31.2. The summed E-state index contributed by atoms with van der Waals surface area (Å²) in [4.78, 5) is 20.2. The van der Waals surface area contributed by atoms with Crippen molar-refractivity contribution in [2.75, 3.05) is 12.8 Å². The van der Waals surface area contributed by atoms with E-state index in [2.05, 4.69) is 15.1 Å². The van der Waals surface area contributed by atoms with Crippen LogP contribution in [0.4, 0.5) is 5.82 Å². The number of aromatic nitrogens is 3. The number of methoxy groups -OCH3 is 1. The highest BCUT2D eigenvalue weighted by molar-refractivity contribution is 7.52. The van der Waals surface area contributed by atoms with E-state index >= 15 is 0 Å². The zero-order valence-electron chi connectivity index (χ0n) is 20.7. The fourth-order valence-corrected chi connectivity index (χ4v) is 5.87. The number of carbonyl (C=O) groups excluding carboxylic acids is 1. The molecule has 7 atom stereocenters. The maximum Gasteiger partial charge on any atom is 0.459 e. The molecule has 1 aliphatic heterocycles. The minimum Gasteiger partial charge on any atom is -0.468 e. The van der Waals surface area contributed by atoms with Gasteiger partial charge in [-0.15, -0.1) is 0 Å². The van der Waals surface area contributed by atoms with E-state index < -0.39 is 49.9 Å². The molecule has 4 rings (SSSR count). The van der Waals surface area contributed by atoms with Gasteiger partial charge in [-0.05, 0) is 39.0 Å². The number of nitrogens with zero attached hydrogens (tertiary/aromatic N) is 3. The molecule has 1 saturated heterocycles. The number of hydrogen-bond donors (Lipinski definition) is 4. The van der Waals surface area contributed by atoms with Crippen molar-refractivity contribution >= 4 is 30.6 Å². The van der Waals surface area contributed by atoms with E-state index in [9.17, 15) is 19.6 Å². The van der Waals surface area contributed by atoms with Gasteiger partial charge in [0.1, 0.15) is 47.4 Å². The van der Waals surface area contributed by atoms with Crippen molar-refractivity contribution in [1.29, 1.82) is 0 Å². The van der Waals surface area contributed by atoms with Crippen LogP contribution in [-0.4, -0.2) is 67.8 Å². The van der Waals surface area contributed by atoms with Crippen LogP contribution in [0, 0.1) is 0 Å². The van der Waals surface area contributed by atoms with E-state index in [0.29, 0.717) is 11.0 Å². The summed E-state index contributed by atoms with van der Waals surface area (Å²) in [6, 6.07) is 8.86. The normalized spacial score (nSPS) is 26.9. The van der Waals surface area contributed by atoms with Crippen LogP contribution in [0.5, 0.6) is 5.75 Å². The Labute approximate surface area is 213 Å². The van der Waals surface area contributed by atoms with Crippen LogP contribution in [-0.2, 0) is 23.4 Å². The van der Waals surface area contributed by atoms with Gasteiger partial charge in [-0.25, -0.2) is 14.5 Å². The van der Waals surface area contributed by atoms with Crippen LogP contribution in [0.25, 0.3) is 11.0 Å².